The molecule has 0 bridgehead atoms. The molecule has 5 nitrogen and oxygen atoms in total. The van der Waals surface area contributed by atoms with Crippen LogP contribution in [0.3, 0.4) is 0 Å². The third kappa shape index (κ3) is 3.38. The lowest BCUT2D eigenvalue weighted by Gasteiger charge is -2.36. The van der Waals surface area contributed by atoms with Crippen molar-refractivity contribution in [1.29, 1.82) is 0 Å². The van der Waals surface area contributed by atoms with Gasteiger partial charge >= 0.3 is 10.4 Å². The van der Waals surface area contributed by atoms with Crippen LogP contribution in [0.5, 0.6) is 5.75 Å². The molecule has 1 aromatic rings. The fourth-order valence-corrected chi connectivity index (χ4v) is 5.84. The van der Waals surface area contributed by atoms with Crippen molar-refractivity contribution in [3.8, 4) is 5.75 Å². The second kappa shape index (κ2) is 5.92. The van der Waals surface area contributed by atoms with Gasteiger partial charge in [0.25, 0.3) is 0 Å². The SMILES string of the molecule is CCS(CC)(OS(=O)(=O)OC)c1ccc(O)cc1. The van der Waals surface area contributed by atoms with E-state index in [0.717, 1.165) is 12.0 Å². The molecule has 0 aromatic heterocycles. The number of aromatic hydroxyl groups is 1. The molecular formula is C11H18O5S2. The molecule has 1 rings (SSSR count). The average Bonchev–Trinajstić information content (AvgIpc) is 2.37. The van der Waals surface area contributed by atoms with E-state index in [1.807, 2.05) is 13.8 Å². The van der Waals surface area contributed by atoms with Gasteiger partial charge in [0.2, 0.25) is 0 Å². The zero-order valence-corrected chi connectivity index (χ0v) is 12.3. The Morgan fingerprint density at radius 3 is 2.00 bits per heavy atom. The van der Waals surface area contributed by atoms with Gasteiger partial charge in [-0.1, -0.05) is 24.2 Å². The summed E-state index contributed by atoms with van der Waals surface area (Å²) in [5.41, 5.74) is 0. The summed E-state index contributed by atoms with van der Waals surface area (Å²) in [5.74, 6) is 1.24. The van der Waals surface area contributed by atoms with Crippen LogP contribution in [0.2, 0.25) is 0 Å². The molecule has 0 aliphatic carbocycles. The number of benzene rings is 1. The maximum atomic E-state index is 11.5. The minimum atomic E-state index is -3.99. The second-order valence-corrected chi connectivity index (χ2v) is 8.47. The fraction of sp³-hybridized carbons (Fsp3) is 0.455. The van der Waals surface area contributed by atoms with Crippen LogP contribution in [-0.4, -0.2) is 32.1 Å². The first-order valence-electron chi connectivity index (χ1n) is 5.48. The normalized spacial score (nSPS) is 13.5. The molecule has 1 N–H and O–H groups in total. The van der Waals surface area contributed by atoms with Crippen LogP contribution in [0, 0.1) is 0 Å². The highest BCUT2D eigenvalue weighted by molar-refractivity contribution is 8.32. The number of phenols is 1. The fourth-order valence-electron chi connectivity index (χ4n) is 1.55. The van der Waals surface area contributed by atoms with Crippen molar-refractivity contribution in [3.05, 3.63) is 24.3 Å². The summed E-state index contributed by atoms with van der Waals surface area (Å²) in [4.78, 5) is 0.769. The van der Waals surface area contributed by atoms with Crippen molar-refractivity contribution in [2.24, 2.45) is 0 Å². The standard InChI is InChI=1S/C11H18O5S2/c1-4-17(5-2,16-18(13,14)15-3)11-8-6-10(12)7-9-11/h6-9,12H,4-5H2,1-3H3. The van der Waals surface area contributed by atoms with Gasteiger partial charge < -0.3 is 5.11 Å². The zero-order valence-electron chi connectivity index (χ0n) is 10.6. The third-order valence-electron chi connectivity index (χ3n) is 2.62. The van der Waals surface area contributed by atoms with Gasteiger partial charge in [-0.25, -0.2) is 0 Å². The lowest BCUT2D eigenvalue weighted by Crippen LogP contribution is -2.17. The highest BCUT2D eigenvalue weighted by Gasteiger charge is 2.30. The topological polar surface area (TPSA) is 72.8 Å². The Balaban J connectivity index is 3.18. The quantitative estimate of drug-likeness (QED) is 0.872. The highest BCUT2D eigenvalue weighted by atomic mass is 32.3. The molecule has 0 atom stereocenters. The van der Waals surface area contributed by atoms with Crippen LogP contribution in [-0.2, 0) is 18.2 Å². The van der Waals surface area contributed by atoms with Gasteiger partial charge in [-0.2, -0.15) is 12.0 Å². The van der Waals surface area contributed by atoms with Gasteiger partial charge in [0.05, 0.1) is 7.11 Å². The minimum Gasteiger partial charge on any atom is -0.508 e. The summed E-state index contributed by atoms with van der Waals surface area (Å²) >= 11 is 0. The first-order chi connectivity index (χ1) is 8.39. The summed E-state index contributed by atoms with van der Waals surface area (Å²) in [6.07, 6.45) is 0. The van der Waals surface area contributed by atoms with Crippen LogP contribution in [0.15, 0.2) is 29.2 Å². The van der Waals surface area contributed by atoms with E-state index in [9.17, 15) is 13.5 Å². The Bertz CT molecular complexity index is 477. The number of hydrogen-bond donors (Lipinski definition) is 1. The van der Waals surface area contributed by atoms with Crippen molar-refractivity contribution in [1.82, 2.24) is 0 Å². The molecule has 0 fully saturated rings. The largest absolute Gasteiger partial charge is 0.508 e. The molecule has 0 heterocycles. The summed E-state index contributed by atoms with van der Waals surface area (Å²) in [5, 5.41) is 9.27. The number of rotatable bonds is 6. The van der Waals surface area contributed by atoms with Crippen LogP contribution in [0.4, 0.5) is 0 Å². The smallest absolute Gasteiger partial charge is 0.409 e. The van der Waals surface area contributed by atoms with Crippen LogP contribution >= 0.6 is 10.3 Å². The summed E-state index contributed by atoms with van der Waals surface area (Å²) in [6.45, 7) is 3.74. The Morgan fingerprint density at radius 2 is 1.61 bits per heavy atom. The van der Waals surface area contributed by atoms with Gasteiger partial charge in [-0.05, 0) is 24.3 Å². The van der Waals surface area contributed by atoms with Crippen molar-refractivity contribution in [2.75, 3.05) is 18.6 Å². The predicted molar refractivity (Wildman–Crippen MR) is 72.1 cm³/mol. The highest BCUT2D eigenvalue weighted by Crippen LogP contribution is 2.57. The van der Waals surface area contributed by atoms with E-state index in [0.29, 0.717) is 11.5 Å². The predicted octanol–water partition coefficient (Wildman–Crippen LogP) is 2.42. The molecular weight excluding hydrogens is 276 g/mol. The van der Waals surface area contributed by atoms with Gasteiger partial charge in [0.15, 0.2) is 0 Å². The Kier molecular flexibility index (Phi) is 5.03. The van der Waals surface area contributed by atoms with Crippen molar-refractivity contribution >= 4 is 20.7 Å². The van der Waals surface area contributed by atoms with Gasteiger partial charge in [-0.15, -0.1) is 0 Å². The molecule has 104 valence electrons. The monoisotopic (exact) mass is 294 g/mol. The molecule has 0 saturated carbocycles. The lowest BCUT2D eigenvalue weighted by atomic mass is 10.3. The average molecular weight is 294 g/mol. The van der Waals surface area contributed by atoms with E-state index >= 15 is 0 Å². The van der Waals surface area contributed by atoms with E-state index in [1.165, 1.54) is 12.1 Å². The van der Waals surface area contributed by atoms with Crippen LogP contribution in [0.25, 0.3) is 0 Å². The van der Waals surface area contributed by atoms with E-state index in [-0.39, 0.29) is 5.75 Å². The Hall–Kier alpha value is -0.760. The van der Waals surface area contributed by atoms with E-state index in [2.05, 4.69) is 4.18 Å². The summed E-state index contributed by atoms with van der Waals surface area (Å²) < 4.78 is 32.6. The summed E-state index contributed by atoms with van der Waals surface area (Å²) in [7, 11) is -4.88. The van der Waals surface area contributed by atoms with Gasteiger partial charge in [-0.3, -0.25) is 4.18 Å². The van der Waals surface area contributed by atoms with Crippen molar-refractivity contribution in [2.45, 2.75) is 18.7 Å². The first kappa shape index (κ1) is 15.3. The van der Waals surface area contributed by atoms with Crippen LogP contribution in [0.1, 0.15) is 13.8 Å². The molecule has 0 aliphatic rings. The number of hydrogen-bond acceptors (Lipinski definition) is 5. The van der Waals surface area contributed by atoms with Gasteiger partial charge in [0, 0.05) is 16.4 Å². The molecule has 0 radical (unpaired) electrons. The molecule has 0 amide bonds. The van der Waals surface area contributed by atoms with Crippen molar-refractivity contribution in [3.63, 3.8) is 0 Å². The van der Waals surface area contributed by atoms with Crippen molar-refractivity contribution < 1.29 is 21.3 Å². The minimum absolute atomic E-state index is 0.133. The maximum absolute atomic E-state index is 11.5. The Morgan fingerprint density at radius 1 is 1.11 bits per heavy atom. The molecule has 1 aromatic carbocycles. The second-order valence-electron chi connectivity index (χ2n) is 3.53. The third-order valence-corrected chi connectivity index (χ3v) is 7.73. The molecule has 7 heteroatoms. The van der Waals surface area contributed by atoms with E-state index in [4.69, 9.17) is 3.63 Å². The zero-order chi connectivity index (χ0) is 13.8. The lowest BCUT2D eigenvalue weighted by molar-refractivity contribution is 0.340. The molecule has 18 heavy (non-hydrogen) atoms. The maximum Gasteiger partial charge on any atom is 0.409 e. The van der Waals surface area contributed by atoms with E-state index in [1.54, 1.807) is 12.1 Å². The molecule has 0 unspecified atom stereocenters. The first-order valence-corrected chi connectivity index (χ1v) is 8.71. The molecule has 0 saturated heterocycles. The number of phenolic OH excluding ortho intramolecular Hbond substituents is 1. The summed E-state index contributed by atoms with van der Waals surface area (Å²) in [6, 6.07) is 6.40. The van der Waals surface area contributed by atoms with Crippen LogP contribution < -0.4 is 0 Å². The Labute approximate surface area is 110 Å². The molecule has 0 aliphatic heterocycles. The van der Waals surface area contributed by atoms with Gasteiger partial charge in [0.1, 0.15) is 5.75 Å². The molecule has 0 spiro atoms. The van der Waals surface area contributed by atoms with E-state index < -0.39 is 20.7 Å².